The first kappa shape index (κ1) is 13.3. The van der Waals surface area contributed by atoms with Gasteiger partial charge in [-0.15, -0.1) is 5.10 Å². The molecule has 0 atom stereocenters. The Kier molecular flexibility index (Phi) is 2.90. The van der Waals surface area contributed by atoms with Crippen LogP contribution in [0.1, 0.15) is 21.5 Å². The number of carbonyl (C=O) groups excluding carboxylic acids is 1. The van der Waals surface area contributed by atoms with Gasteiger partial charge in [-0.1, -0.05) is 28.9 Å². The lowest BCUT2D eigenvalue weighted by atomic mass is 10.1. The van der Waals surface area contributed by atoms with Crippen molar-refractivity contribution >= 4 is 28.5 Å². The van der Waals surface area contributed by atoms with Gasteiger partial charge in [-0.3, -0.25) is 4.79 Å². The molecular weight excluding hydrogens is 300 g/mol. The fourth-order valence-electron chi connectivity index (χ4n) is 2.88. The van der Waals surface area contributed by atoms with Crippen LogP contribution < -0.4 is 0 Å². The summed E-state index contributed by atoms with van der Waals surface area (Å²) >= 11 is 6.21. The summed E-state index contributed by atoms with van der Waals surface area (Å²) in [6, 6.07) is 11.3. The van der Waals surface area contributed by atoms with E-state index in [1.54, 1.807) is 15.6 Å². The molecule has 110 valence electrons. The van der Waals surface area contributed by atoms with E-state index in [2.05, 4.69) is 10.3 Å². The molecule has 0 saturated carbocycles. The van der Waals surface area contributed by atoms with Crippen molar-refractivity contribution in [3.63, 3.8) is 0 Å². The van der Waals surface area contributed by atoms with Gasteiger partial charge < -0.3 is 4.90 Å². The molecule has 1 amide bonds. The molecule has 22 heavy (non-hydrogen) atoms. The van der Waals surface area contributed by atoms with Crippen LogP contribution in [0.4, 0.5) is 0 Å². The van der Waals surface area contributed by atoms with E-state index in [0.717, 1.165) is 27.2 Å². The molecule has 2 heterocycles. The summed E-state index contributed by atoms with van der Waals surface area (Å²) in [7, 11) is 1.83. The van der Waals surface area contributed by atoms with Crippen LogP contribution in [0.2, 0.25) is 5.02 Å². The minimum Gasteiger partial charge on any atom is -0.330 e. The Bertz CT molecular complexity index is 902. The van der Waals surface area contributed by atoms with Crippen LogP contribution >= 0.6 is 11.6 Å². The monoisotopic (exact) mass is 312 g/mol. The Morgan fingerprint density at radius 2 is 2.09 bits per heavy atom. The van der Waals surface area contributed by atoms with Crippen LogP contribution in [-0.2, 0) is 20.1 Å². The lowest BCUT2D eigenvalue weighted by molar-refractivity contribution is 0.0751. The third-order valence-electron chi connectivity index (χ3n) is 4.07. The third kappa shape index (κ3) is 1.97. The predicted octanol–water partition coefficient (Wildman–Crippen LogP) is 2.78. The van der Waals surface area contributed by atoms with Crippen LogP contribution in [0.15, 0.2) is 36.4 Å². The molecule has 3 aromatic rings. The highest BCUT2D eigenvalue weighted by Crippen LogP contribution is 2.30. The SMILES string of the molecule is Cn1nnc2cc(C(=O)N3Cc4cccc(Cl)c4C3)ccc21. The lowest BCUT2D eigenvalue weighted by Crippen LogP contribution is -2.25. The van der Waals surface area contributed by atoms with E-state index in [1.807, 2.05) is 37.4 Å². The number of hydrogen-bond donors (Lipinski definition) is 0. The fraction of sp³-hybridized carbons (Fsp3) is 0.188. The summed E-state index contributed by atoms with van der Waals surface area (Å²) in [5, 5.41) is 8.74. The van der Waals surface area contributed by atoms with Gasteiger partial charge in [0.05, 0.1) is 5.52 Å². The Morgan fingerprint density at radius 1 is 1.23 bits per heavy atom. The number of hydrogen-bond acceptors (Lipinski definition) is 3. The number of nitrogens with zero attached hydrogens (tertiary/aromatic N) is 4. The lowest BCUT2D eigenvalue weighted by Gasteiger charge is -2.15. The quantitative estimate of drug-likeness (QED) is 0.694. The topological polar surface area (TPSA) is 51.0 Å². The van der Waals surface area contributed by atoms with Gasteiger partial charge >= 0.3 is 0 Å². The van der Waals surface area contributed by atoms with E-state index < -0.39 is 0 Å². The summed E-state index contributed by atoms with van der Waals surface area (Å²) in [6.45, 7) is 1.14. The van der Waals surface area contributed by atoms with Crippen molar-refractivity contribution in [3.05, 3.63) is 58.1 Å². The zero-order valence-corrected chi connectivity index (χ0v) is 12.7. The van der Waals surface area contributed by atoms with Crippen LogP contribution in [0.25, 0.3) is 11.0 Å². The molecular formula is C16H13ClN4O. The Labute approximate surface area is 132 Å². The van der Waals surface area contributed by atoms with E-state index in [1.165, 1.54) is 0 Å². The minimum atomic E-state index is -0.0141. The zero-order chi connectivity index (χ0) is 15.3. The minimum absolute atomic E-state index is 0.0141. The average molecular weight is 313 g/mol. The second-order valence-corrected chi connectivity index (χ2v) is 5.86. The molecule has 0 spiro atoms. The molecule has 4 rings (SSSR count). The average Bonchev–Trinajstić information content (AvgIpc) is 3.11. The van der Waals surface area contributed by atoms with Crippen molar-refractivity contribution in [2.75, 3.05) is 0 Å². The van der Waals surface area contributed by atoms with Crippen LogP contribution in [0, 0.1) is 0 Å². The van der Waals surface area contributed by atoms with E-state index in [-0.39, 0.29) is 5.91 Å². The molecule has 0 bridgehead atoms. The molecule has 0 radical (unpaired) electrons. The number of benzene rings is 2. The Balaban J connectivity index is 1.66. The fourth-order valence-corrected chi connectivity index (χ4v) is 3.13. The molecule has 0 aliphatic carbocycles. The highest BCUT2D eigenvalue weighted by atomic mass is 35.5. The number of carbonyl (C=O) groups is 1. The first-order valence-corrected chi connectivity index (χ1v) is 7.36. The number of amides is 1. The predicted molar refractivity (Wildman–Crippen MR) is 83.5 cm³/mol. The summed E-state index contributed by atoms with van der Waals surface area (Å²) in [5.41, 5.74) is 4.41. The Hall–Kier alpha value is -2.40. The van der Waals surface area contributed by atoms with Gasteiger partial charge in [0.15, 0.2) is 0 Å². The van der Waals surface area contributed by atoms with Gasteiger partial charge in [-0.05, 0) is 35.4 Å². The maximum Gasteiger partial charge on any atom is 0.254 e. The third-order valence-corrected chi connectivity index (χ3v) is 4.42. The highest BCUT2D eigenvalue weighted by Gasteiger charge is 2.26. The van der Waals surface area contributed by atoms with Gasteiger partial charge in [-0.25, -0.2) is 4.68 Å². The maximum absolute atomic E-state index is 12.7. The molecule has 2 aromatic carbocycles. The number of aryl methyl sites for hydroxylation is 1. The summed E-state index contributed by atoms with van der Waals surface area (Å²) in [6.07, 6.45) is 0. The second kappa shape index (κ2) is 4.81. The van der Waals surface area contributed by atoms with Gasteiger partial charge in [0.25, 0.3) is 5.91 Å². The van der Waals surface area contributed by atoms with Crippen molar-refractivity contribution in [1.29, 1.82) is 0 Å². The molecule has 0 N–H and O–H groups in total. The molecule has 0 saturated heterocycles. The van der Waals surface area contributed by atoms with Crippen molar-refractivity contribution in [3.8, 4) is 0 Å². The van der Waals surface area contributed by atoms with E-state index in [9.17, 15) is 4.79 Å². The van der Waals surface area contributed by atoms with Gasteiger partial charge in [0, 0.05) is 30.7 Å². The number of rotatable bonds is 1. The van der Waals surface area contributed by atoms with Crippen molar-refractivity contribution in [2.24, 2.45) is 7.05 Å². The van der Waals surface area contributed by atoms with E-state index in [4.69, 9.17) is 11.6 Å². The standard InChI is InChI=1S/C16H13ClN4O/c1-20-15-6-5-10(7-14(15)18-19-20)16(22)21-8-11-3-2-4-13(17)12(11)9-21/h2-7H,8-9H2,1H3. The molecule has 0 unspecified atom stereocenters. The maximum atomic E-state index is 12.7. The van der Waals surface area contributed by atoms with Gasteiger partial charge in [-0.2, -0.15) is 0 Å². The van der Waals surface area contributed by atoms with E-state index in [0.29, 0.717) is 18.7 Å². The van der Waals surface area contributed by atoms with Crippen molar-refractivity contribution in [1.82, 2.24) is 19.9 Å². The van der Waals surface area contributed by atoms with Gasteiger partial charge in [0.2, 0.25) is 0 Å². The Morgan fingerprint density at radius 3 is 2.91 bits per heavy atom. The van der Waals surface area contributed by atoms with Crippen molar-refractivity contribution in [2.45, 2.75) is 13.1 Å². The summed E-state index contributed by atoms with van der Waals surface area (Å²) in [4.78, 5) is 14.5. The molecule has 0 fully saturated rings. The smallest absolute Gasteiger partial charge is 0.254 e. The largest absolute Gasteiger partial charge is 0.330 e. The van der Waals surface area contributed by atoms with Gasteiger partial charge in [0.1, 0.15) is 5.52 Å². The number of fused-ring (bicyclic) bond motifs is 2. The van der Waals surface area contributed by atoms with Crippen LogP contribution in [-0.4, -0.2) is 25.8 Å². The molecule has 1 aliphatic rings. The summed E-state index contributed by atoms with van der Waals surface area (Å²) in [5.74, 6) is -0.0141. The van der Waals surface area contributed by atoms with Crippen LogP contribution in [0.3, 0.4) is 0 Å². The first-order chi connectivity index (χ1) is 10.6. The molecule has 1 aliphatic heterocycles. The first-order valence-electron chi connectivity index (χ1n) is 6.98. The zero-order valence-electron chi connectivity index (χ0n) is 12.0. The summed E-state index contributed by atoms with van der Waals surface area (Å²) < 4.78 is 1.69. The molecule has 5 nitrogen and oxygen atoms in total. The molecule has 6 heteroatoms. The molecule has 1 aromatic heterocycles. The van der Waals surface area contributed by atoms with Crippen LogP contribution in [0.5, 0.6) is 0 Å². The second-order valence-electron chi connectivity index (χ2n) is 5.46. The number of aromatic nitrogens is 3. The van der Waals surface area contributed by atoms with E-state index >= 15 is 0 Å². The normalized spacial score (nSPS) is 13.6. The van der Waals surface area contributed by atoms with Crippen molar-refractivity contribution < 1.29 is 4.79 Å². The number of halogens is 1. The highest BCUT2D eigenvalue weighted by molar-refractivity contribution is 6.31.